The van der Waals surface area contributed by atoms with E-state index in [2.05, 4.69) is 0 Å². The standard InChI is InChI=1S/C16H21ClN2O2S/c1-2-14(22-13-5-3-12(17)4-6-13)16(21)19-9-7-11(8-10-19)15(18)20/h3-6,11,14H,2,7-10H2,1H3,(H2,18,20). The molecule has 0 saturated carbocycles. The molecule has 1 aromatic rings. The van der Waals surface area contributed by atoms with E-state index in [0.717, 1.165) is 11.3 Å². The molecule has 1 saturated heterocycles. The van der Waals surface area contributed by atoms with Gasteiger partial charge in [-0.25, -0.2) is 0 Å². The average Bonchev–Trinajstić information content (AvgIpc) is 2.53. The number of likely N-dealkylation sites (tertiary alicyclic amines) is 1. The first kappa shape index (κ1) is 17.2. The topological polar surface area (TPSA) is 63.4 Å². The fourth-order valence-electron chi connectivity index (χ4n) is 2.57. The molecule has 0 aliphatic carbocycles. The Morgan fingerprint density at radius 1 is 1.32 bits per heavy atom. The molecule has 1 aliphatic heterocycles. The Balaban J connectivity index is 1.94. The molecular weight excluding hydrogens is 320 g/mol. The number of hydrogen-bond donors (Lipinski definition) is 1. The van der Waals surface area contributed by atoms with E-state index in [9.17, 15) is 9.59 Å². The summed E-state index contributed by atoms with van der Waals surface area (Å²) in [5.74, 6) is -0.201. The maximum absolute atomic E-state index is 12.6. The van der Waals surface area contributed by atoms with Crippen molar-refractivity contribution in [1.29, 1.82) is 0 Å². The van der Waals surface area contributed by atoms with Crippen LogP contribution in [0.1, 0.15) is 26.2 Å². The number of amides is 2. The number of primary amides is 1. The third-order valence-electron chi connectivity index (χ3n) is 3.95. The summed E-state index contributed by atoms with van der Waals surface area (Å²) < 4.78 is 0. The first-order chi connectivity index (χ1) is 10.5. The predicted octanol–water partition coefficient (Wildman–Crippen LogP) is 2.93. The lowest BCUT2D eigenvalue weighted by atomic mass is 9.96. The largest absolute Gasteiger partial charge is 0.369 e. The molecule has 0 spiro atoms. The minimum Gasteiger partial charge on any atom is -0.369 e. The highest BCUT2D eigenvalue weighted by molar-refractivity contribution is 8.00. The van der Waals surface area contributed by atoms with Crippen LogP contribution < -0.4 is 5.73 Å². The Labute approximate surface area is 140 Å². The van der Waals surface area contributed by atoms with Crippen LogP contribution in [0.4, 0.5) is 0 Å². The fraction of sp³-hybridized carbons (Fsp3) is 0.500. The van der Waals surface area contributed by atoms with Crippen molar-refractivity contribution >= 4 is 35.2 Å². The lowest BCUT2D eigenvalue weighted by Crippen LogP contribution is -2.44. The maximum Gasteiger partial charge on any atom is 0.236 e. The summed E-state index contributed by atoms with van der Waals surface area (Å²) in [6.45, 7) is 3.25. The Morgan fingerprint density at radius 2 is 1.91 bits per heavy atom. The highest BCUT2D eigenvalue weighted by Crippen LogP contribution is 2.29. The Hall–Kier alpha value is -1.20. The van der Waals surface area contributed by atoms with Crippen molar-refractivity contribution in [2.75, 3.05) is 13.1 Å². The summed E-state index contributed by atoms with van der Waals surface area (Å²) >= 11 is 7.45. The first-order valence-electron chi connectivity index (χ1n) is 7.51. The van der Waals surface area contributed by atoms with Gasteiger partial charge < -0.3 is 10.6 Å². The Kier molecular flexibility index (Phi) is 6.15. The molecule has 2 amide bonds. The summed E-state index contributed by atoms with van der Waals surface area (Å²) in [7, 11) is 0. The van der Waals surface area contributed by atoms with Gasteiger partial charge in [-0.2, -0.15) is 0 Å². The van der Waals surface area contributed by atoms with E-state index in [1.165, 1.54) is 0 Å². The highest BCUT2D eigenvalue weighted by Gasteiger charge is 2.29. The van der Waals surface area contributed by atoms with E-state index in [-0.39, 0.29) is 23.0 Å². The Bertz CT molecular complexity index is 527. The molecule has 22 heavy (non-hydrogen) atoms. The Morgan fingerprint density at radius 3 is 2.41 bits per heavy atom. The van der Waals surface area contributed by atoms with Crippen molar-refractivity contribution < 1.29 is 9.59 Å². The van der Waals surface area contributed by atoms with Crippen LogP contribution in [0.3, 0.4) is 0 Å². The lowest BCUT2D eigenvalue weighted by molar-refractivity contribution is -0.134. The van der Waals surface area contributed by atoms with E-state index >= 15 is 0 Å². The summed E-state index contributed by atoms with van der Waals surface area (Å²) in [6.07, 6.45) is 2.11. The van der Waals surface area contributed by atoms with Crippen molar-refractivity contribution in [2.24, 2.45) is 11.7 Å². The number of piperidine rings is 1. The number of benzene rings is 1. The minimum atomic E-state index is -0.255. The van der Waals surface area contributed by atoms with Crippen LogP contribution in [0.5, 0.6) is 0 Å². The maximum atomic E-state index is 12.6. The number of rotatable bonds is 5. The van der Waals surface area contributed by atoms with E-state index < -0.39 is 0 Å². The van der Waals surface area contributed by atoms with Gasteiger partial charge in [-0.15, -0.1) is 11.8 Å². The van der Waals surface area contributed by atoms with E-state index in [1.54, 1.807) is 11.8 Å². The molecule has 6 heteroatoms. The molecule has 2 rings (SSSR count). The SMILES string of the molecule is CCC(Sc1ccc(Cl)cc1)C(=O)N1CCC(C(N)=O)CC1. The summed E-state index contributed by atoms with van der Waals surface area (Å²) in [5, 5.41) is 0.587. The van der Waals surface area contributed by atoms with Gasteiger partial charge in [0.05, 0.1) is 5.25 Å². The van der Waals surface area contributed by atoms with Gasteiger partial charge in [0.1, 0.15) is 0 Å². The average molecular weight is 341 g/mol. The van der Waals surface area contributed by atoms with Crippen LogP contribution in [-0.2, 0) is 9.59 Å². The summed E-state index contributed by atoms with van der Waals surface area (Å²) in [5.41, 5.74) is 5.33. The fourth-order valence-corrected chi connectivity index (χ4v) is 3.74. The molecule has 120 valence electrons. The summed E-state index contributed by atoms with van der Waals surface area (Å²) in [4.78, 5) is 26.7. The third kappa shape index (κ3) is 4.40. The van der Waals surface area contributed by atoms with Gasteiger partial charge in [0, 0.05) is 28.9 Å². The molecule has 0 radical (unpaired) electrons. The minimum absolute atomic E-state index is 0.0898. The number of halogens is 1. The van der Waals surface area contributed by atoms with Crippen LogP contribution in [0, 0.1) is 5.92 Å². The second kappa shape index (κ2) is 7.88. The highest BCUT2D eigenvalue weighted by atomic mass is 35.5. The van der Waals surface area contributed by atoms with Crippen molar-refractivity contribution in [3.05, 3.63) is 29.3 Å². The van der Waals surface area contributed by atoms with E-state index in [4.69, 9.17) is 17.3 Å². The van der Waals surface area contributed by atoms with Gasteiger partial charge in [-0.05, 0) is 43.5 Å². The molecule has 1 unspecified atom stereocenters. The van der Waals surface area contributed by atoms with Crippen LogP contribution in [0.25, 0.3) is 0 Å². The third-order valence-corrected chi connectivity index (χ3v) is 5.56. The van der Waals surface area contributed by atoms with E-state index in [1.807, 2.05) is 36.1 Å². The van der Waals surface area contributed by atoms with Gasteiger partial charge in [0.15, 0.2) is 0 Å². The van der Waals surface area contributed by atoms with E-state index in [0.29, 0.717) is 31.0 Å². The zero-order chi connectivity index (χ0) is 16.1. The molecular formula is C16H21ClN2O2S. The molecule has 1 aromatic carbocycles. The number of nitrogens with two attached hydrogens (primary N) is 1. The molecule has 0 bridgehead atoms. The zero-order valence-electron chi connectivity index (χ0n) is 12.6. The number of carbonyl (C=O) groups excluding carboxylic acids is 2. The zero-order valence-corrected chi connectivity index (χ0v) is 14.2. The molecule has 1 atom stereocenters. The smallest absolute Gasteiger partial charge is 0.236 e. The lowest BCUT2D eigenvalue weighted by Gasteiger charge is -2.32. The van der Waals surface area contributed by atoms with Gasteiger partial charge in [-0.3, -0.25) is 9.59 Å². The molecule has 2 N–H and O–H groups in total. The van der Waals surface area contributed by atoms with Crippen LogP contribution in [-0.4, -0.2) is 35.1 Å². The quantitative estimate of drug-likeness (QED) is 0.838. The predicted molar refractivity (Wildman–Crippen MR) is 89.9 cm³/mol. The molecule has 1 heterocycles. The van der Waals surface area contributed by atoms with Gasteiger partial charge >= 0.3 is 0 Å². The van der Waals surface area contributed by atoms with Crippen LogP contribution in [0.2, 0.25) is 5.02 Å². The van der Waals surface area contributed by atoms with Gasteiger partial charge in [-0.1, -0.05) is 18.5 Å². The molecule has 1 aliphatic rings. The van der Waals surface area contributed by atoms with Crippen LogP contribution >= 0.6 is 23.4 Å². The molecule has 4 nitrogen and oxygen atoms in total. The number of nitrogens with zero attached hydrogens (tertiary/aromatic N) is 1. The van der Waals surface area contributed by atoms with Crippen LogP contribution in [0.15, 0.2) is 29.2 Å². The van der Waals surface area contributed by atoms with Crippen molar-refractivity contribution in [1.82, 2.24) is 4.90 Å². The van der Waals surface area contributed by atoms with Crippen molar-refractivity contribution in [3.8, 4) is 0 Å². The second-order valence-corrected chi connectivity index (χ2v) is 7.18. The van der Waals surface area contributed by atoms with Crippen molar-refractivity contribution in [3.63, 3.8) is 0 Å². The van der Waals surface area contributed by atoms with Gasteiger partial charge in [0.2, 0.25) is 11.8 Å². The number of carbonyl (C=O) groups is 2. The molecule has 1 fully saturated rings. The first-order valence-corrected chi connectivity index (χ1v) is 8.77. The second-order valence-electron chi connectivity index (χ2n) is 5.47. The number of hydrogen-bond acceptors (Lipinski definition) is 3. The summed E-state index contributed by atoms with van der Waals surface area (Å²) in [6, 6.07) is 7.53. The number of thioether (sulfide) groups is 1. The normalized spacial score (nSPS) is 17.3. The van der Waals surface area contributed by atoms with Gasteiger partial charge in [0.25, 0.3) is 0 Å². The molecule has 0 aromatic heterocycles. The monoisotopic (exact) mass is 340 g/mol. The van der Waals surface area contributed by atoms with Crippen molar-refractivity contribution in [2.45, 2.75) is 36.3 Å².